The Kier molecular flexibility index (Phi) is 3.68. The Morgan fingerprint density at radius 1 is 1.35 bits per heavy atom. The summed E-state index contributed by atoms with van der Waals surface area (Å²) in [6, 6.07) is 1.83. The predicted octanol–water partition coefficient (Wildman–Crippen LogP) is 0.546. The second kappa shape index (κ2) is 5.67. The SMILES string of the molecule is CC(C)n1nccc1NC(=O)Cn1cnc2c(cnn2C)c1=O. The highest BCUT2D eigenvalue weighted by Crippen LogP contribution is 2.13. The molecule has 0 aliphatic rings. The van der Waals surface area contributed by atoms with Crippen molar-refractivity contribution >= 4 is 22.8 Å². The summed E-state index contributed by atoms with van der Waals surface area (Å²) in [5.74, 6) is 0.271. The minimum atomic E-state index is -0.320. The fourth-order valence-corrected chi connectivity index (χ4v) is 2.34. The van der Waals surface area contributed by atoms with Crippen molar-refractivity contribution in [3.63, 3.8) is 0 Å². The molecule has 3 aromatic heterocycles. The Bertz CT molecular complexity index is 919. The quantitative estimate of drug-likeness (QED) is 0.757. The number of anilines is 1. The lowest BCUT2D eigenvalue weighted by Gasteiger charge is -2.12. The Morgan fingerprint density at radius 2 is 2.13 bits per heavy atom. The fraction of sp³-hybridized carbons (Fsp3) is 0.357. The second-order valence-corrected chi connectivity index (χ2v) is 5.49. The van der Waals surface area contributed by atoms with E-state index in [1.54, 1.807) is 24.0 Å². The predicted molar refractivity (Wildman–Crippen MR) is 84.0 cm³/mol. The minimum Gasteiger partial charge on any atom is -0.309 e. The van der Waals surface area contributed by atoms with E-state index < -0.39 is 0 Å². The molecule has 9 heteroatoms. The van der Waals surface area contributed by atoms with Crippen LogP contribution in [0.4, 0.5) is 5.82 Å². The van der Waals surface area contributed by atoms with E-state index in [0.717, 1.165) is 0 Å². The molecule has 23 heavy (non-hydrogen) atoms. The number of carbonyl (C=O) groups excluding carboxylic acids is 1. The Balaban J connectivity index is 1.82. The van der Waals surface area contributed by atoms with Gasteiger partial charge in [-0.15, -0.1) is 0 Å². The highest BCUT2D eigenvalue weighted by Gasteiger charge is 2.13. The summed E-state index contributed by atoms with van der Waals surface area (Å²) in [6.45, 7) is 3.81. The first kappa shape index (κ1) is 14.9. The topological polar surface area (TPSA) is 99.6 Å². The molecule has 3 rings (SSSR count). The number of rotatable bonds is 4. The van der Waals surface area contributed by atoms with Gasteiger partial charge in [0.2, 0.25) is 5.91 Å². The number of aryl methyl sites for hydroxylation is 1. The van der Waals surface area contributed by atoms with Crippen molar-refractivity contribution in [2.75, 3.05) is 5.32 Å². The van der Waals surface area contributed by atoms with Gasteiger partial charge in [-0.05, 0) is 13.8 Å². The normalized spacial score (nSPS) is 11.3. The van der Waals surface area contributed by atoms with Gasteiger partial charge in [-0.2, -0.15) is 10.2 Å². The first-order valence-corrected chi connectivity index (χ1v) is 7.18. The van der Waals surface area contributed by atoms with Gasteiger partial charge >= 0.3 is 0 Å². The van der Waals surface area contributed by atoms with E-state index in [1.165, 1.54) is 21.8 Å². The molecule has 120 valence electrons. The molecule has 0 bridgehead atoms. The minimum absolute atomic E-state index is 0.122. The van der Waals surface area contributed by atoms with E-state index in [2.05, 4.69) is 20.5 Å². The van der Waals surface area contributed by atoms with Crippen molar-refractivity contribution in [3.05, 3.63) is 35.1 Å². The maximum atomic E-state index is 12.3. The lowest BCUT2D eigenvalue weighted by molar-refractivity contribution is -0.116. The molecule has 0 saturated heterocycles. The summed E-state index contributed by atoms with van der Waals surface area (Å²) in [6.07, 6.45) is 4.42. The highest BCUT2D eigenvalue weighted by molar-refractivity contribution is 5.89. The lowest BCUT2D eigenvalue weighted by Crippen LogP contribution is -2.28. The number of amides is 1. The molecule has 1 N–H and O–H groups in total. The number of nitrogens with one attached hydrogen (secondary N) is 1. The smallest absolute Gasteiger partial charge is 0.264 e. The van der Waals surface area contributed by atoms with Crippen LogP contribution in [0, 0.1) is 0 Å². The third-order valence-corrected chi connectivity index (χ3v) is 3.46. The van der Waals surface area contributed by atoms with Crippen LogP contribution in [0.1, 0.15) is 19.9 Å². The molecule has 9 nitrogen and oxygen atoms in total. The first-order valence-electron chi connectivity index (χ1n) is 7.18. The summed E-state index contributed by atoms with van der Waals surface area (Å²) in [7, 11) is 1.71. The Hall–Kier alpha value is -2.97. The first-order chi connectivity index (χ1) is 11.0. The van der Waals surface area contributed by atoms with Gasteiger partial charge in [-0.25, -0.2) is 9.67 Å². The van der Waals surface area contributed by atoms with Crippen LogP contribution >= 0.6 is 0 Å². The molecule has 0 aliphatic carbocycles. The van der Waals surface area contributed by atoms with Crippen molar-refractivity contribution in [2.24, 2.45) is 7.05 Å². The Labute approximate surface area is 131 Å². The zero-order valence-electron chi connectivity index (χ0n) is 13.1. The van der Waals surface area contributed by atoms with E-state index in [9.17, 15) is 9.59 Å². The number of nitrogens with zero attached hydrogens (tertiary/aromatic N) is 6. The van der Waals surface area contributed by atoms with Crippen LogP contribution in [0.5, 0.6) is 0 Å². The van der Waals surface area contributed by atoms with Crippen LogP contribution in [-0.4, -0.2) is 35.0 Å². The summed E-state index contributed by atoms with van der Waals surface area (Å²) in [4.78, 5) is 28.7. The van der Waals surface area contributed by atoms with Crippen LogP contribution in [0.25, 0.3) is 11.0 Å². The molecule has 0 aromatic carbocycles. The van der Waals surface area contributed by atoms with Gasteiger partial charge < -0.3 is 5.32 Å². The van der Waals surface area contributed by atoms with Gasteiger partial charge in [0, 0.05) is 19.2 Å². The van der Waals surface area contributed by atoms with E-state index in [-0.39, 0.29) is 24.1 Å². The van der Waals surface area contributed by atoms with Crippen molar-refractivity contribution < 1.29 is 4.79 Å². The molecular weight excluding hydrogens is 298 g/mol. The molecule has 0 atom stereocenters. The van der Waals surface area contributed by atoms with E-state index >= 15 is 0 Å². The number of carbonyl (C=O) groups is 1. The zero-order chi connectivity index (χ0) is 16.6. The van der Waals surface area contributed by atoms with Gasteiger partial charge in [0.1, 0.15) is 24.1 Å². The van der Waals surface area contributed by atoms with Crippen LogP contribution in [0.2, 0.25) is 0 Å². The zero-order valence-corrected chi connectivity index (χ0v) is 13.1. The molecule has 0 radical (unpaired) electrons. The molecule has 1 amide bonds. The monoisotopic (exact) mass is 315 g/mol. The third kappa shape index (κ3) is 2.72. The summed E-state index contributed by atoms with van der Waals surface area (Å²) >= 11 is 0. The molecule has 3 aromatic rings. The van der Waals surface area contributed by atoms with Crippen LogP contribution < -0.4 is 10.9 Å². The number of aromatic nitrogens is 6. The van der Waals surface area contributed by atoms with Crippen LogP contribution in [-0.2, 0) is 18.4 Å². The van der Waals surface area contributed by atoms with E-state index in [4.69, 9.17) is 0 Å². The van der Waals surface area contributed by atoms with Crippen molar-refractivity contribution in [1.82, 2.24) is 29.1 Å². The van der Waals surface area contributed by atoms with Gasteiger partial charge in [0.15, 0.2) is 5.65 Å². The van der Waals surface area contributed by atoms with Crippen molar-refractivity contribution in [1.29, 1.82) is 0 Å². The molecule has 3 heterocycles. The number of hydrogen-bond acceptors (Lipinski definition) is 5. The lowest BCUT2D eigenvalue weighted by atomic mass is 10.4. The largest absolute Gasteiger partial charge is 0.309 e. The maximum absolute atomic E-state index is 12.3. The van der Waals surface area contributed by atoms with E-state index in [0.29, 0.717) is 16.9 Å². The molecule has 0 fully saturated rings. The van der Waals surface area contributed by atoms with Crippen LogP contribution in [0.15, 0.2) is 29.6 Å². The van der Waals surface area contributed by atoms with Gasteiger partial charge in [0.25, 0.3) is 5.56 Å². The third-order valence-electron chi connectivity index (χ3n) is 3.46. The maximum Gasteiger partial charge on any atom is 0.264 e. The van der Waals surface area contributed by atoms with Crippen LogP contribution in [0.3, 0.4) is 0 Å². The van der Waals surface area contributed by atoms with Crippen molar-refractivity contribution in [3.8, 4) is 0 Å². The summed E-state index contributed by atoms with van der Waals surface area (Å²) in [5, 5.41) is 11.3. The fourth-order valence-electron chi connectivity index (χ4n) is 2.34. The van der Waals surface area contributed by atoms with E-state index in [1.807, 2.05) is 13.8 Å². The summed E-state index contributed by atoms with van der Waals surface area (Å²) < 4.78 is 4.47. The van der Waals surface area contributed by atoms with Gasteiger partial charge in [-0.3, -0.25) is 18.8 Å². The molecule has 0 aliphatic heterocycles. The van der Waals surface area contributed by atoms with Gasteiger partial charge in [-0.1, -0.05) is 0 Å². The highest BCUT2D eigenvalue weighted by atomic mass is 16.2. The standard InChI is InChI=1S/C14H17N7O2/c1-9(2)21-11(4-5-16-21)18-12(22)7-20-8-15-13-10(14(20)23)6-17-19(13)3/h4-6,8-9H,7H2,1-3H3,(H,18,22). The molecule has 0 saturated carbocycles. The molecular formula is C14H17N7O2. The number of hydrogen-bond donors (Lipinski definition) is 1. The Morgan fingerprint density at radius 3 is 2.87 bits per heavy atom. The second-order valence-electron chi connectivity index (χ2n) is 5.49. The van der Waals surface area contributed by atoms with Crippen molar-refractivity contribution in [2.45, 2.75) is 26.4 Å². The summed E-state index contributed by atoms with van der Waals surface area (Å²) in [5.41, 5.74) is 0.195. The van der Waals surface area contributed by atoms with Gasteiger partial charge in [0.05, 0.1) is 12.4 Å². The average molecular weight is 315 g/mol. The molecule has 0 unspecified atom stereocenters. The average Bonchev–Trinajstić information content (AvgIpc) is 3.09. The number of fused-ring (bicyclic) bond motifs is 1. The molecule has 0 spiro atoms.